The highest BCUT2D eigenvalue weighted by Gasteiger charge is 2.21. The lowest BCUT2D eigenvalue weighted by atomic mass is 10.1. The minimum absolute atomic E-state index is 0.168. The van der Waals surface area contributed by atoms with Gasteiger partial charge in [-0.05, 0) is 37.9 Å². The van der Waals surface area contributed by atoms with Crippen LogP contribution < -0.4 is 10.6 Å². The second kappa shape index (κ2) is 11.5. The highest BCUT2D eigenvalue weighted by atomic mass is 16.6. The van der Waals surface area contributed by atoms with Gasteiger partial charge in [-0.25, -0.2) is 9.59 Å². The predicted molar refractivity (Wildman–Crippen MR) is 88.0 cm³/mol. The lowest BCUT2D eigenvalue weighted by molar-refractivity contribution is -0.143. The average Bonchev–Trinajstić information content (AvgIpc) is 2.59. The number of nitrogens with one attached hydrogen (secondary N) is 2. The summed E-state index contributed by atoms with van der Waals surface area (Å²) < 4.78 is 9.86. The molecule has 1 aromatic carbocycles. The van der Waals surface area contributed by atoms with E-state index in [0.717, 1.165) is 31.5 Å². The quantitative estimate of drug-likeness (QED) is 0.510. The van der Waals surface area contributed by atoms with E-state index in [4.69, 9.17) is 9.47 Å². The summed E-state index contributed by atoms with van der Waals surface area (Å²) in [5.74, 6) is -0.454. The number of esters is 1. The summed E-state index contributed by atoms with van der Waals surface area (Å²) >= 11 is 0. The van der Waals surface area contributed by atoms with Crippen molar-refractivity contribution in [3.8, 4) is 0 Å². The fourth-order valence-corrected chi connectivity index (χ4v) is 2.07. The standard InChI is InChI=1S/C17H26N2O4/c1-3-18-12-8-7-11-15(16(20)22-2)19-17(21)23-13-14-9-5-4-6-10-14/h4-6,9-10,15,18H,3,7-8,11-13H2,1-2H3,(H,19,21). The number of methoxy groups -OCH3 is 1. The van der Waals surface area contributed by atoms with Crippen LogP contribution in [0.2, 0.25) is 0 Å². The van der Waals surface area contributed by atoms with E-state index in [-0.39, 0.29) is 6.61 Å². The molecule has 0 saturated carbocycles. The highest BCUT2D eigenvalue weighted by Crippen LogP contribution is 2.05. The fraction of sp³-hybridized carbons (Fsp3) is 0.529. The summed E-state index contributed by atoms with van der Waals surface area (Å²) in [6, 6.07) is 8.70. The molecule has 1 atom stereocenters. The van der Waals surface area contributed by atoms with Gasteiger partial charge in [0.15, 0.2) is 0 Å². The number of hydrogen-bond donors (Lipinski definition) is 2. The van der Waals surface area contributed by atoms with E-state index < -0.39 is 18.1 Å². The van der Waals surface area contributed by atoms with Gasteiger partial charge in [0.05, 0.1) is 7.11 Å². The third-order valence-corrected chi connectivity index (χ3v) is 3.34. The zero-order valence-electron chi connectivity index (χ0n) is 13.8. The molecule has 1 aromatic rings. The Bertz CT molecular complexity index is 465. The van der Waals surface area contributed by atoms with Gasteiger partial charge in [0.2, 0.25) is 0 Å². The Morgan fingerprint density at radius 3 is 2.57 bits per heavy atom. The Kier molecular flexibility index (Phi) is 9.47. The third kappa shape index (κ3) is 8.21. The Hall–Kier alpha value is -2.08. The van der Waals surface area contributed by atoms with E-state index in [1.165, 1.54) is 7.11 Å². The Balaban J connectivity index is 2.36. The Morgan fingerprint density at radius 1 is 1.17 bits per heavy atom. The van der Waals surface area contributed by atoms with Crippen LogP contribution in [0.5, 0.6) is 0 Å². The molecule has 0 bridgehead atoms. The maximum absolute atomic E-state index is 11.8. The van der Waals surface area contributed by atoms with Crippen molar-refractivity contribution in [2.45, 2.75) is 38.8 Å². The molecule has 0 spiro atoms. The summed E-state index contributed by atoms with van der Waals surface area (Å²) in [4.78, 5) is 23.6. The Morgan fingerprint density at radius 2 is 1.91 bits per heavy atom. The number of rotatable bonds is 10. The molecule has 0 aliphatic carbocycles. The molecule has 1 unspecified atom stereocenters. The average molecular weight is 322 g/mol. The fourth-order valence-electron chi connectivity index (χ4n) is 2.07. The van der Waals surface area contributed by atoms with Crippen LogP contribution >= 0.6 is 0 Å². The molecule has 0 fully saturated rings. The first-order valence-electron chi connectivity index (χ1n) is 7.93. The molecule has 0 saturated heterocycles. The van der Waals surface area contributed by atoms with E-state index in [1.807, 2.05) is 37.3 Å². The van der Waals surface area contributed by atoms with Crippen molar-refractivity contribution >= 4 is 12.1 Å². The molecule has 0 heterocycles. The molecule has 1 rings (SSSR count). The molecule has 0 aliphatic rings. The van der Waals surface area contributed by atoms with Crippen LogP contribution in [-0.4, -0.2) is 38.3 Å². The van der Waals surface area contributed by atoms with Gasteiger partial charge >= 0.3 is 12.1 Å². The van der Waals surface area contributed by atoms with Gasteiger partial charge in [-0.1, -0.05) is 37.3 Å². The number of hydrogen-bond acceptors (Lipinski definition) is 5. The minimum atomic E-state index is -0.676. The summed E-state index contributed by atoms with van der Waals surface area (Å²) in [5, 5.41) is 5.79. The summed E-state index contributed by atoms with van der Waals surface area (Å²) in [5.41, 5.74) is 0.892. The van der Waals surface area contributed by atoms with E-state index in [9.17, 15) is 9.59 Å². The van der Waals surface area contributed by atoms with Crippen LogP contribution in [0.15, 0.2) is 30.3 Å². The highest BCUT2D eigenvalue weighted by molar-refractivity contribution is 5.81. The van der Waals surface area contributed by atoms with Gasteiger partial charge in [0.1, 0.15) is 12.6 Å². The topological polar surface area (TPSA) is 76.7 Å². The van der Waals surface area contributed by atoms with Crippen LogP contribution in [0, 0.1) is 0 Å². The minimum Gasteiger partial charge on any atom is -0.467 e. The molecular weight excluding hydrogens is 296 g/mol. The lowest BCUT2D eigenvalue weighted by Gasteiger charge is -2.16. The largest absolute Gasteiger partial charge is 0.467 e. The van der Waals surface area contributed by atoms with Gasteiger partial charge in [0.25, 0.3) is 0 Å². The van der Waals surface area contributed by atoms with Gasteiger partial charge < -0.3 is 20.1 Å². The van der Waals surface area contributed by atoms with Crippen molar-refractivity contribution < 1.29 is 19.1 Å². The van der Waals surface area contributed by atoms with E-state index >= 15 is 0 Å². The van der Waals surface area contributed by atoms with Crippen LogP contribution in [0.25, 0.3) is 0 Å². The van der Waals surface area contributed by atoms with Crippen molar-refractivity contribution in [1.82, 2.24) is 10.6 Å². The molecule has 0 aromatic heterocycles. The van der Waals surface area contributed by atoms with Crippen molar-refractivity contribution in [2.75, 3.05) is 20.2 Å². The van der Waals surface area contributed by atoms with Crippen molar-refractivity contribution in [2.24, 2.45) is 0 Å². The predicted octanol–water partition coefficient (Wildman–Crippen LogP) is 2.23. The number of benzene rings is 1. The van der Waals surface area contributed by atoms with Crippen LogP contribution in [0.4, 0.5) is 4.79 Å². The van der Waals surface area contributed by atoms with Crippen LogP contribution in [-0.2, 0) is 20.9 Å². The van der Waals surface area contributed by atoms with Gasteiger partial charge in [-0.2, -0.15) is 0 Å². The first-order chi connectivity index (χ1) is 11.2. The zero-order valence-corrected chi connectivity index (χ0v) is 13.8. The molecule has 128 valence electrons. The van der Waals surface area contributed by atoms with Crippen LogP contribution in [0.1, 0.15) is 31.7 Å². The number of ether oxygens (including phenoxy) is 2. The molecule has 23 heavy (non-hydrogen) atoms. The zero-order chi connectivity index (χ0) is 16.9. The molecule has 2 N–H and O–H groups in total. The van der Waals surface area contributed by atoms with Crippen molar-refractivity contribution in [3.63, 3.8) is 0 Å². The monoisotopic (exact) mass is 322 g/mol. The van der Waals surface area contributed by atoms with Crippen molar-refractivity contribution in [3.05, 3.63) is 35.9 Å². The van der Waals surface area contributed by atoms with Gasteiger partial charge in [0, 0.05) is 0 Å². The molecule has 0 radical (unpaired) electrons. The third-order valence-electron chi connectivity index (χ3n) is 3.34. The number of unbranched alkanes of at least 4 members (excludes halogenated alkanes) is 1. The van der Waals surface area contributed by atoms with Gasteiger partial charge in [-0.15, -0.1) is 0 Å². The maximum atomic E-state index is 11.8. The molecule has 0 aliphatic heterocycles. The first-order valence-corrected chi connectivity index (χ1v) is 7.93. The number of alkyl carbamates (subject to hydrolysis) is 1. The van der Waals surface area contributed by atoms with Crippen LogP contribution in [0.3, 0.4) is 0 Å². The van der Waals surface area contributed by atoms with E-state index in [2.05, 4.69) is 10.6 Å². The van der Waals surface area contributed by atoms with E-state index in [1.54, 1.807) is 0 Å². The maximum Gasteiger partial charge on any atom is 0.408 e. The molecular formula is C17H26N2O4. The van der Waals surface area contributed by atoms with Crippen molar-refractivity contribution in [1.29, 1.82) is 0 Å². The molecule has 1 amide bonds. The van der Waals surface area contributed by atoms with E-state index in [0.29, 0.717) is 6.42 Å². The second-order valence-corrected chi connectivity index (χ2v) is 5.13. The number of amides is 1. The first kappa shape index (κ1) is 19.0. The SMILES string of the molecule is CCNCCCCC(NC(=O)OCc1ccccc1)C(=O)OC. The Labute approximate surface area is 137 Å². The van der Waals surface area contributed by atoms with Gasteiger partial charge in [-0.3, -0.25) is 0 Å². The second-order valence-electron chi connectivity index (χ2n) is 5.13. The summed E-state index contributed by atoms with van der Waals surface area (Å²) in [6.45, 7) is 4.02. The smallest absolute Gasteiger partial charge is 0.408 e. The number of carbonyl (C=O) groups excluding carboxylic acids is 2. The normalized spacial score (nSPS) is 11.6. The summed E-state index contributed by atoms with van der Waals surface area (Å²) in [6.07, 6.45) is 1.66. The molecule has 6 heteroatoms. The number of carbonyl (C=O) groups is 2. The lowest BCUT2D eigenvalue weighted by Crippen LogP contribution is -2.41. The summed E-state index contributed by atoms with van der Waals surface area (Å²) in [7, 11) is 1.31. The molecule has 6 nitrogen and oxygen atoms in total.